The first-order valence-corrected chi connectivity index (χ1v) is 8.31. The molecule has 0 aliphatic carbocycles. The Morgan fingerprint density at radius 3 is 2.75 bits per heavy atom. The second kappa shape index (κ2) is 6.01. The van der Waals surface area contributed by atoms with Crippen LogP contribution in [0.25, 0.3) is 0 Å². The second-order valence-electron chi connectivity index (χ2n) is 4.31. The van der Waals surface area contributed by atoms with Gasteiger partial charge in [0.1, 0.15) is 5.82 Å². The highest BCUT2D eigenvalue weighted by Gasteiger charge is 2.20. The molecule has 0 amide bonds. The van der Waals surface area contributed by atoms with Crippen LogP contribution in [0, 0.1) is 12.7 Å². The quantitative estimate of drug-likeness (QED) is 0.888. The van der Waals surface area contributed by atoms with Gasteiger partial charge in [-0.1, -0.05) is 6.07 Å². The molecule has 0 saturated carbocycles. The van der Waals surface area contributed by atoms with Crippen molar-refractivity contribution >= 4 is 21.4 Å². The lowest BCUT2D eigenvalue weighted by Gasteiger charge is -2.11. The van der Waals surface area contributed by atoms with Crippen molar-refractivity contribution in [1.82, 2.24) is 4.72 Å². The Hall–Kier alpha value is -1.28. The fraction of sp³-hybridized carbons (Fsp3) is 0.231. The summed E-state index contributed by atoms with van der Waals surface area (Å²) in [7, 11) is -3.76. The number of benzene rings is 1. The topological polar surface area (TPSA) is 72.2 Å². The molecule has 0 atom stereocenters. The number of hydrogen-bond donors (Lipinski definition) is 2. The lowest BCUT2D eigenvalue weighted by Crippen LogP contribution is -2.24. The van der Waals surface area contributed by atoms with Crippen LogP contribution < -0.4 is 10.5 Å². The summed E-state index contributed by atoms with van der Waals surface area (Å²) in [5.41, 5.74) is 6.00. The molecule has 108 valence electrons. The standard InChI is InChI=1S/C13H15FN2O2S2/c1-9-12(14)5-10(7-15)6-13(9)20(17,18)16-8-11-3-2-4-19-11/h2-6,16H,7-8,15H2,1H3. The van der Waals surface area contributed by atoms with Crippen LogP contribution in [-0.2, 0) is 23.1 Å². The smallest absolute Gasteiger partial charge is 0.241 e. The van der Waals surface area contributed by atoms with E-state index >= 15 is 0 Å². The maximum absolute atomic E-state index is 13.7. The van der Waals surface area contributed by atoms with E-state index in [-0.39, 0.29) is 23.5 Å². The molecule has 0 fully saturated rings. The van der Waals surface area contributed by atoms with Crippen molar-refractivity contribution in [2.45, 2.75) is 24.9 Å². The van der Waals surface area contributed by atoms with E-state index in [9.17, 15) is 12.8 Å². The SMILES string of the molecule is Cc1c(F)cc(CN)cc1S(=O)(=O)NCc1cccs1. The van der Waals surface area contributed by atoms with E-state index in [1.54, 1.807) is 0 Å². The highest BCUT2D eigenvalue weighted by atomic mass is 32.2. The van der Waals surface area contributed by atoms with Crippen molar-refractivity contribution in [2.24, 2.45) is 5.73 Å². The van der Waals surface area contributed by atoms with E-state index in [0.29, 0.717) is 5.56 Å². The van der Waals surface area contributed by atoms with Gasteiger partial charge in [0.25, 0.3) is 0 Å². The van der Waals surface area contributed by atoms with E-state index < -0.39 is 15.8 Å². The van der Waals surface area contributed by atoms with Gasteiger partial charge in [-0.2, -0.15) is 0 Å². The normalized spacial score (nSPS) is 11.8. The molecule has 0 spiro atoms. The fourth-order valence-electron chi connectivity index (χ4n) is 1.76. The van der Waals surface area contributed by atoms with Gasteiger partial charge in [-0.15, -0.1) is 11.3 Å². The zero-order valence-corrected chi connectivity index (χ0v) is 12.5. The number of sulfonamides is 1. The average Bonchev–Trinajstić information content (AvgIpc) is 2.92. The van der Waals surface area contributed by atoms with E-state index in [2.05, 4.69) is 4.72 Å². The predicted molar refractivity (Wildman–Crippen MR) is 77.4 cm³/mol. The third-order valence-electron chi connectivity index (χ3n) is 2.90. The Bertz CT molecular complexity index is 697. The highest BCUT2D eigenvalue weighted by molar-refractivity contribution is 7.89. The molecule has 4 nitrogen and oxygen atoms in total. The van der Waals surface area contributed by atoms with E-state index in [4.69, 9.17) is 5.73 Å². The molecule has 0 unspecified atom stereocenters. The average molecular weight is 314 g/mol. The largest absolute Gasteiger partial charge is 0.326 e. The van der Waals surface area contributed by atoms with Gasteiger partial charge in [-0.05, 0) is 36.1 Å². The van der Waals surface area contributed by atoms with Crippen molar-refractivity contribution in [3.63, 3.8) is 0 Å². The number of thiophene rings is 1. The Labute approximate surface area is 121 Å². The monoisotopic (exact) mass is 314 g/mol. The maximum Gasteiger partial charge on any atom is 0.241 e. The Kier molecular flexibility index (Phi) is 4.54. The van der Waals surface area contributed by atoms with Gasteiger partial charge < -0.3 is 5.73 Å². The molecule has 1 aromatic heterocycles. The van der Waals surface area contributed by atoms with E-state index in [0.717, 1.165) is 4.88 Å². The summed E-state index contributed by atoms with van der Waals surface area (Å²) in [6.07, 6.45) is 0. The Morgan fingerprint density at radius 2 is 2.15 bits per heavy atom. The van der Waals surface area contributed by atoms with Crippen LogP contribution >= 0.6 is 11.3 Å². The van der Waals surface area contributed by atoms with Crippen LogP contribution in [0.1, 0.15) is 16.0 Å². The third-order valence-corrected chi connectivity index (χ3v) is 5.30. The van der Waals surface area contributed by atoms with Crippen LogP contribution in [0.15, 0.2) is 34.5 Å². The first-order chi connectivity index (χ1) is 9.44. The summed E-state index contributed by atoms with van der Waals surface area (Å²) >= 11 is 1.45. The van der Waals surface area contributed by atoms with E-state index in [1.165, 1.54) is 30.4 Å². The van der Waals surface area contributed by atoms with Gasteiger partial charge in [-0.25, -0.2) is 17.5 Å². The van der Waals surface area contributed by atoms with Crippen LogP contribution in [0.2, 0.25) is 0 Å². The summed E-state index contributed by atoms with van der Waals surface area (Å²) in [6, 6.07) is 6.34. The second-order valence-corrected chi connectivity index (χ2v) is 7.08. The van der Waals surface area contributed by atoms with Crippen LogP contribution in [-0.4, -0.2) is 8.42 Å². The van der Waals surface area contributed by atoms with Crippen molar-refractivity contribution in [1.29, 1.82) is 0 Å². The molecule has 0 radical (unpaired) electrons. The van der Waals surface area contributed by atoms with Gasteiger partial charge in [-0.3, -0.25) is 0 Å². The van der Waals surface area contributed by atoms with Gasteiger partial charge in [0.15, 0.2) is 0 Å². The van der Waals surface area contributed by atoms with Gasteiger partial charge in [0.05, 0.1) is 4.90 Å². The molecule has 0 saturated heterocycles. The minimum absolute atomic E-state index is 0.0606. The molecule has 20 heavy (non-hydrogen) atoms. The molecular weight excluding hydrogens is 299 g/mol. The summed E-state index contributed by atoms with van der Waals surface area (Å²) in [5.74, 6) is -0.565. The van der Waals surface area contributed by atoms with Gasteiger partial charge in [0, 0.05) is 23.5 Å². The number of halogens is 1. The van der Waals surface area contributed by atoms with Crippen molar-refractivity contribution in [3.05, 3.63) is 51.5 Å². The van der Waals surface area contributed by atoms with Crippen molar-refractivity contribution in [3.8, 4) is 0 Å². The lowest BCUT2D eigenvalue weighted by atomic mass is 10.1. The molecule has 0 aliphatic rings. The maximum atomic E-state index is 13.7. The first kappa shape index (κ1) is 15.1. The van der Waals surface area contributed by atoms with Crippen molar-refractivity contribution < 1.29 is 12.8 Å². The summed E-state index contributed by atoms with van der Waals surface area (Å²) in [6.45, 7) is 1.72. The van der Waals surface area contributed by atoms with Crippen LogP contribution in [0.5, 0.6) is 0 Å². The Morgan fingerprint density at radius 1 is 1.40 bits per heavy atom. The summed E-state index contributed by atoms with van der Waals surface area (Å²) in [4.78, 5) is 0.830. The number of nitrogens with one attached hydrogen (secondary N) is 1. The molecule has 3 N–H and O–H groups in total. The molecular formula is C13H15FN2O2S2. The highest BCUT2D eigenvalue weighted by Crippen LogP contribution is 2.21. The zero-order chi connectivity index (χ0) is 14.8. The van der Waals surface area contributed by atoms with Crippen molar-refractivity contribution in [2.75, 3.05) is 0 Å². The lowest BCUT2D eigenvalue weighted by molar-refractivity contribution is 0.574. The molecule has 7 heteroatoms. The molecule has 0 bridgehead atoms. The molecule has 1 heterocycles. The first-order valence-electron chi connectivity index (χ1n) is 5.95. The predicted octanol–water partition coefficient (Wildman–Crippen LogP) is 2.13. The number of hydrogen-bond acceptors (Lipinski definition) is 4. The summed E-state index contributed by atoms with van der Waals surface area (Å²) < 4.78 is 40.7. The van der Waals surface area contributed by atoms with Gasteiger partial charge >= 0.3 is 0 Å². The number of rotatable bonds is 5. The molecule has 0 aliphatic heterocycles. The molecule has 2 rings (SSSR count). The molecule has 2 aromatic rings. The zero-order valence-electron chi connectivity index (χ0n) is 10.9. The van der Waals surface area contributed by atoms with Gasteiger partial charge in [0.2, 0.25) is 10.0 Å². The van der Waals surface area contributed by atoms with Crippen LogP contribution in [0.4, 0.5) is 4.39 Å². The van der Waals surface area contributed by atoms with Crippen LogP contribution in [0.3, 0.4) is 0 Å². The minimum Gasteiger partial charge on any atom is -0.326 e. The third kappa shape index (κ3) is 3.24. The Balaban J connectivity index is 2.31. The minimum atomic E-state index is -3.76. The summed E-state index contributed by atoms with van der Waals surface area (Å²) in [5, 5.41) is 1.86. The van der Waals surface area contributed by atoms with E-state index in [1.807, 2.05) is 17.5 Å². The number of nitrogens with two attached hydrogens (primary N) is 1. The molecule has 1 aromatic carbocycles. The fourth-order valence-corrected chi connectivity index (χ4v) is 3.81.